The number of thiazole rings is 1. The van der Waals surface area contributed by atoms with Gasteiger partial charge in [0.15, 0.2) is 5.13 Å². The van der Waals surface area contributed by atoms with Gasteiger partial charge in [0.2, 0.25) is 5.91 Å². The van der Waals surface area contributed by atoms with Crippen molar-refractivity contribution in [2.24, 2.45) is 0 Å². The Hall–Kier alpha value is -5.71. The molecule has 3 N–H and O–H groups in total. The molecule has 0 saturated heterocycles. The van der Waals surface area contributed by atoms with Crippen LogP contribution in [0.5, 0.6) is 0 Å². The number of halogens is 2. The van der Waals surface area contributed by atoms with E-state index in [0.29, 0.717) is 32.0 Å². The van der Waals surface area contributed by atoms with E-state index < -0.39 is 17.1 Å². The number of carbonyl (C=O) groups excluding carboxylic acids is 3. The lowest BCUT2D eigenvalue weighted by Crippen LogP contribution is -2.30. The molecular weight excluding hydrogens is 756 g/mol. The molecule has 0 fully saturated rings. The molecule has 1 heterocycles. The smallest absolute Gasteiger partial charge is 0.272 e. The topological polar surface area (TPSA) is 100 Å². The minimum Gasteiger partial charge on any atom is -0.321 e. The normalized spacial score (nSPS) is 11.9. The van der Waals surface area contributed by atoms with Gasteiger partial charge in [0.25, 0.3) is 11.8 Å². The van der Waals surface area contributed by atoms with Crippen molar-refractivity contribution in [1.29, 1.82) is 0 Å². The maximum atomic E-state index is 13.9. The van der Waals surface area contributed by atoms with Crippen LogP contribution in [0, 0.1) is 0 Å². The molecule has 11 heteroatoms. The van der Waals surface area contributed by atoms with Crippen LogP contribution in [0.1, 0.15) is 26.7 Å². The van der Waals surface area contributed by atoms with Gasteiger partial charge in [0.05, 0.1) is 5.69 Å². The van der Waals surface area contributed by atoms with Crippen molar-refractivity contribution in [3.05, 3.63) is 183 Å². The van der Waals surface area contributed by atoms with Gasteiger partial charge in [0, 0.05) is 42.7 Å². The second kappa shape index (κ2) is 17.0. The van der Waals surface area contributed by atoms with Crippen molar-refractivity contribution in [2.45, 2.75) is 10.1 Å². The lowest BCUT2D eigenvalue weighted by Gasteiger charge is -2.17. The Morgan fingerprint density at radius 2 is 1.39 bits per heavy atom. The summed E-state index contributed by atoms with van der Waals surface area (Å²) in [7, 11) is 0. The SMILES string of the molecule is O=C(Nc1cccc(SC(C(=O)Nc2nc(-c3ccc4ccccc4c3)cs2)c2ccccc2)c1)/C(=C\c1c(Cl)cccc1Cl)NC(=O)c1ccccc1. The molecule has 7 aromatic rings. The summed E-state index contributed by atoms with van der Waals surface area (Å²) in [5.74, 6) is -1.32. The monoisotopic (exact) mass is 784 g/mol. The number of rotatable bonds is 11. The van der Waals surface area contributed by atoms with E-state index >= 15 is 0 Å². The molecule has 0 saturated carbocycles. The van der Waals surface area contributed by atoms with Gasteiger partial charge >= 0.3 is 0 Å². The number of fused-ring (bicyclic) bond motifs is 1. The number of hydrogen-bond donors (Lipinski definition) is 3. The number of nitrogens with one attached hydrogen (secondary N) is 3. The number of aromatic nitrogens is 1. The highest BCUT2D eigenvalue weighted by molar-refractivity contribution is 8.00. The Bertz CT molecular complexity index is 2490. The second-order valence-corrected chi connectivity index (χ2v) is 14.8. The Kier molecular flexibility index (Phi) is 11.5. The van der Waals surface area contributed by atoms with E-state index in [-0.39, 0.29) is 11.6 Å². The average molecular weight is 786 g/mol. The molecular formula is C43H30Cl2N4O3S2. The molecule has 1 aromatic heterocycles. The van der Waals surface area contributed by atoms with E-state index in [1.165, 1.54) is 29.2 Å². The van der Waals surface area contributed by atoms with Crippen LogP contribution in [0.4, 0.5) is 10.8 Å². The highest BCUT2D eigenvalue weighted by atomic mass is 35.5. The zero-order valence-corrected chi connectivity index (χ0v) is 31.5. The number of hydrogen-bond acceptors (Lipinski definition) is 6. The van der Waals surface area contributed by atoms with Crippen LogP contribution in [0.15, 0.2) is 162 Å². The van der Waals surface area contributed by atoms with E-state index in [9.17, 15) is 14.4 Å². The number of nitrogens with zero attached hydrogens (tertiary/aromatic N) is 1. The summed E-state index contributed by atoms with van der Waals surface area (Å²) in [6.45, 7) is 0. The van der Waals surface area contributed by atoms with Gasteiger partial charge < -0.3 is 16.0 Å². The van der Waals surface area contributed by atoms with Crippen LogP contribution >= 0.6 is 46.3 Å². The first-order valence-corrected chi connectivity index (χ1v) is 19.2. The third-order valence-electron chi connectivity index (χ3n) is 8.28. The fraction of sp³-hybridized carbons (Fsp3) is 0.0233. The predicted molar refractivity (Wildman–Crippen MR) is 222 cm³/mol. The fourth-order valence-corrected chi connectivity index (χ4v) is 7.91. The molecule has 0 aliphatic heterocycles. The Morgan fingerprint density at radius 1 is 0.704 bits per heavy atom. The number of carbonyl (C=O) groups is 3. The molecule has 1 unspecified atom stereocenters. The average Bonchev–Trinajstić information content (AvgIpc) is 3.67. The Morgan fingerprint density at radius 3 is 2.15 bits per heavy atom. The van der Waals surface area contributed by atoms with Crippen molar-refractivity contribution in [3.8, 4) is 11.3 Å². The van der Waals surface area contributed by atoms with Gasteiger partial charge in [-0.05, 0) is 70.9 Å². The van der Waals surface area contributed by atoms with E-state index in [1.807, 2.05) is 60.0 Å². The van der Waals surface area contributed by atoms with Gasteiger partial charge in [-0.25, -0.2) is 4.98 Å². The fourth-order valence-electron chi connectivity index (χ4n) is 5.60. The highest BCUT2D eigenvalue weighted by Gasteiger charge is 2.24. The second-order valence-electron chi connectivity index (χ2n) is 12.0. The minimum atomic E-state index is -0.645. The van der Waals surface area contributed by atoms with Gasteiger partial charge in [-0.3, -0.25) is 14.4 Å². The van der Waals surface area contributed by atoms with Crippen molar-refractivity contribution >= 4 is 91.7 Å². The summed E-state index contributed by atoms with van der Waals surface area (Å²) >= 11 is 15.5. The zero-order chi connectivity index (χ0) is 37.4. The van der Waals surface area contributed by atoms with Gasteiger partial charge in [-0.1, -0.05) is 120 Å². The molecule has 7 rings (SSSR count). The summed E-state index contributed by atoms with van der Waals surface area (Å²) in [6, 6.07) is 44.5. The van der Waals surface area contributed by atoms with E-state index in [2.05, 4.69) is 40.2 Å². The van der Waals surface area contributed by atoms with E-state index in [4.69, 9.17) is 28.2 Å². The Labute approximate surface area is 330 Å². The standard InChI is InChI=1S/C43H30Cl2N4O3S2/c44-35-19-10-20-36(45)34(35)25-37(47-40(50)29-14-5-2-6-15-29)41(51)46-32-17-9-18-33(24-32)54-39(28-12-3-1-4-13-28)42(52)49-43-48-38(26-53-43)31-22-21-27-11-7-8-16-30(27)23-31/h1-26,39H,(H,46,51)(H,47,50)(H,48,49,52)/b37-25+. The first-order chi connectivity index (χ1) is 26.3. The molecule has 6 aromatic carbocycles. The molecule has 54 heavy (non-hydrogen) atoms. The summed E-state index contributed by atoms with van der Waals surface area (Å²) < 4.78 is 0. The van der Waals surface area contributed by atoms with Crippen molar-refractivity contribution in [3.63, 3.8) is 0 Å². The van der Waals surface area contributed by atoms with Crippen molar-refractivity contribution < 1.29 is 14.4 Å². The lowest BCUT2D eigenvalue weighted by molar-refractivity contribution is -0.116. The third-order valence-corrected chi connectivity index (χ3v) is 10.9. The summed E-state index contributed by atoms with van der Waals surface area (Å²) in [5, 5.41) is 13.3. The number of thioether (sulfide) groups is 1. The van der Waals surface area contributed by atoms with Crippen LogP contribution in [-0.4, -0.2) is 22.7 Å². The Balaban J connectivity index is 1.11. The van der Waals surface area contributed by atoms with Crippen molar-refractivity contribution in [2.75, 3.05) is 10.6 Å². The minimum absolute atomic E-state index is 0.0649. The number of amides is 3. The molecule has 0 aliphatic rings. The molecule has 0 spiro atoms. The third kappa shape index (κ3) is 8.90. The van der Waals surface area contributed by atoms with Crippen LogP contribution < -0.4 is 16.0 Å². The van der Waals surface area contributed by atoms with Crippen LogP contribution in [0.2, 0.25) is 10.0 Å². The van der Waals surface area contributed by atoms with Gasteiger partial charge in [-0.2, -0.15) is 0 Å². The molecule has 266 valence electrons. The van der Waals surface area contributed by atoms with Crippen LogP contribution in [0.3, 0.4) is 0 Å². The van der Waals surface area contributed by atoms with Crippen LogP contribution in [0.25, 0.3) is 28.1 Å². The molecule has 0 bridgehead atoms. The first kappa shape index (κ1) is 36.6. The molecule has 1 atom stereocenters. The molecule has 3 amide bonds. The quantitative estimate of drug-likeness (QED) is 0.0896. The largest absolute Gasteiger partial charge is 0.321 e. The molecule has 0 radical (unpaired) electrons. The molecule has 7 nitrogen and oxygen atoms in total. The first-order valence-electron chi connectivity index (χ1n) is 16.7. The van der Waals surface area contributed by atoms with Crippen molar-refractivity contribution in [1.82, 2.24) is 10.3 Å². The zero-order valence-electron chi connectivity index (χ0n) is 28.3. The number of benzene rings is 6. The van der Waals surface area contributed by atoms with E-state index in [0.717, 1.165) is 32.5 Å². The summed E-state index contributed by atoms with van der Waals surface area (Å²) in [5.41, 5.74) is 3.67. The van der Waals surface area contributed by atoms with Gasteiger partial charge in [0.1, 0.15) is 10.9 Å². The van der Waals surface area contributed by atoms with E-state index in [1.54, 1.807) is 66.7 Å². The van der Waals surface area contributed by atoms with Crippen LogP contribution in [-0.2, 0) is 9.59 Å². The van der Waals surface area contributed by atoms with Gasteiger partial charge in [-0.15, -0.1) is 23.1 Å². The number of anilines is 2. The molecule has 0 aliphatic carbocycles. The highest BCUT2D eigenvalue weighted by Crippen LogP contribution is 2.38. The maximum absolute atomic E-state index is 13.9. The summed E-state index contributed by atoms with van der Waals surface area (Å²) in [6.07, 6.45) is 1.44. The summed E-state index contributed by atoms with van der Waals surface area (Å²) in [4.78, 5) is 46.3. The maximum Gasteiger partial charge on any atom is 0.272 e. The lowest BCUT2D eigenvalue weighted by atomic mass is 10.1. The predicted octanol–water partition coefficient (Wildman–Crippen LogP) is 11.2.